The number of carbonyl (C=O) groups is 1. The third-order valence-electron chi connectivity index (χ3n) is 8.06. The molecule has 1 N–H and O–H groups in total. The highest BCUT2D eigenvalue weighted by molar-refractivity contribution is 5.75. The van der Waals surface area contributed by atoms with Crippen LogP contribution in [0, 0.1) is 17.0 Å². The molecule has 2 amide bonds. The first kappa shape index (κ1) is 26.3. The van der Waals surface area contributed by atoms with Crippen LogP contribution < -0.4 is 10.9 Å². The molecule has 3 aliphatic rings. The van der Waals surface area contributed by atoms with Gasteiger partial charge in [-0.1, -0.05) is 18.9 Å². The number of halogens is 2. The number of likely N-dealkylation sites (tertiary alicyclic amines) is 2. The number of rotatable bonds is 2. The number of nitrogens with zero attached hydrogens (tertiary/aromatic N) is 4. The Balaban J connectivity index is 0.000000325. The van der Waals surface area contributed by atoms with E-state index in [0.717, 1.165) is 32.0 Å². The maximum atomic E-state index is 14.6. The van der Waals surface area contributed by atoms with Gasteiger partial charge in [-0.15, -0.1) is 0 Å². The van der Waals surface area contributed by atoms with Crippen LogP contribution in [0.1, 0.15) is 63.0 Å². The zero-order chi connectivity index (χ0) is 25.7. The molecular weight excluding hydrogens is 464 g/mol. The normalized spacial score (nSPS) is 23.3. The van der Waals surface area contributed by atoms with Gasteiger partial charge in [0.1, 0.15) is 11.6 Å². The van der Waals surface area contributed by atoms with E-state index in [4.69, 9.17) is 0 Å². The minimum Gasteiger partial charge on any atom is -0.324 e. The fraction of sp³-hybridized carbons (Fsp3) is 0.593. The van der Waals surface area contributed by atoms with E-state index in [1.54, 1.807) is 19.3 Å². The first-order chi connectivity index (χ1) is 17.3. The van der Waals surface area contributed by atoms with Gasteiger partial charge in [0.05, 0.1) is 6.04 Å². The molecule has 1 aliphatic carbocycles. The number of amides is 2. The quantitative estimate of drug-likeness (QED) is 0.668. The summed E-state index contributed by atoms with van der Waals surface area (Å²) < 4.78 is 29.3. The second-order valence-electron chi connectivity index (χ2n) is 10.4. The molecule has 1 aromatic carbocycles. The van der Waals surface area contributed by atoms with Crippen LogP contribution in [-0.4, -0.2) is 58.3 Å². The van der Waals surface area contributed by atoms with Crippen molar-refractivity contribution in [1.82, 2.24) is 24.9 Å². The summed E-state index contributed by atoms with van der Waals surface area (Å²) in [6, 6.07) is 6.68. The van der Waals surface area contributed by atoms with Gasteiger partial charge in [-0.25, -0.2) is 18.3 Å². The van der Waals surface area contributed by atoms with Crippen molar-refractivity contribution in [3.8, 4) is 0 Å². The summed E-state index contributed by atoms with van der Waals surface area (Å²) in [5, 5.41) is 6.95. The summed E-state index contributed by atoms with van der Waals surface area (Å²) in [6.07, 6.45) is 10.3. The van der Waals surface area contributed by atoms with Crippen LogP contribution in [-0.2, 0) is 7.05 Å². The maximum Gasteiger partial charge on any atom is 0.320 e. The molecule has 1 saturated carbocycles. The van der Waals surface area contributed by atoms with Gasteiger partial charge in [0, 0.05) is 56.6 Å². The van der Waals surface area contributed by atoms with Crippen molar-refractivity contribution in [3.05, 3.63) is 64.1 Å². The minimum atomic E-state index is -0.584. The van der Waals surface area contributed by atoms with E-state index in [9.17, 15) is 18.4 Å². The highest BCUT2D eigenvalue weighted by atomic mass is 19.1. The highest BCUT2D eigenvalue weighted by Crippen LogP contribution is 2.45. The van der Waals surface area contributed by atoms with Gasteiger partial charge < -0.3 is 15.1 Å². The number of piperidine rings is 2. The lowest BCUT2D eigenvalue weighted by Gasteiger charge is -2.46. The average molecular weight is 502 g/mol. The van der Waals surface area contributed by atoms with Crippen LogP contribution in [0.25, 0.3) is 0 Å². The molecule has 5 rings (SSSR count). The van der Waals surface area contributed by atoms with Gasteiger partial charge >= 0.3 is 6.03 Å². The molecule has 0 bridgehead atoms. The smallest absolute Gasteiger partial charge is 0.320 e. The number of benzene rings is 1. The number of carbonyl (C=O) groups excluding carboxylic acids is 1. The van der Waals surface area contributed by atoms with Crippen LogP contribution in [0.4, 0.5) is 13.6 Å². The highest BCUT2D eigenvalue weighted by Gasteiger charge is 2.42. The Morgan fingerprint density at radius 3 is 2.50 bits per heavy atom. The Morgan fingerprint density at radius 1 is 1.11 bits per heavy atom. The summed E-state index contributed by atoms with van der Waals surface area (Å²) in [7, 11) is 3.51. The van der Waals surface area contributed by atoms with Crippen LogP contribution in [0.2, 0.25) is 0 Å². The minimum absolute atomic E-state index is 0.0225. The molecule has 3 fully saturated rings. The number of nitrogens with one attached hydrogen (secondary N) is 1. The second-order valence-corrected chi connectivity index (χ2v) is 10.4. The Bertz CT molecular complexity index is 1100. The van der Waals surface area contributed by atoms with Crippen molar-refractivity contribution in [2.24, 2.45) is 12.5 Å². The SMILES string of the molecule is CNC1CCN(C(=O)N2CCCC3(CCCC3)C2)C(c2ccc(F)cc2F)C1.Cn1ncccc1=O. The molecule has 2 saturated heterocycles. The molecule has 36 heavy (non-hydrogen) atoms. The predicted octanol–water partition coefficient (Wildman–Crippen LogP) is 4.25. The molecule has 0 radical (unpaired) electrons. The lowest BCUT2D eigenvalue weighted by Crippen LogP contribution is -2.54. The van der Waals surface area contributed by atoms with Crippen LogP contribution in [0.5, 0.6) is 0 Å². The van der Waals surface area contributed by atoms with Gasteiger partial charge in [-0.05, 0) is 63.1 Å². The molecule has 7 nitrogen and oxygen atoms in total. The Labute approximate surface area is 211 Å². The molecular formula is C27H37F2N5O2. The van der Waals surface area contributed by atoms with Gasteiger partial charge in [-0.3, -0.25) is 4.79 Å². The molecule has 2 aliphatic heterocycles. The van der Waals surface area contributed by atoms with Crippen molar-refractivity contribution >= 4 is 6.03 Å². The fourth-order valence-electron chi connectivity index (χ4n) is 6.04. The Kier molecular flexibility index (Phi) is 8.39. The van der Waals surface area contributed by atoms with E-state index in [-0.39, 0.29) is 23.7 Å². The maximum absolute atomic E-state index is 14.6. The number of aromatic nitrogens is 2. The first-order valence-electron chi connectivity index (χ1n) is 13.0. The summed E-state index contributed by atoms with van der Waals surface area (Å²) >= 11 is 0. The van der Waals surface area contributed by atoms with Crippen molar-refractivity contribution in [1.29, 1.82) is 0 Å². The van der Waals surface area contributed by atoms with Gasteiger partial charge in [0.25, 0.3) is 5.56 Å². The van der Waals surface area contributed by atoms with E-state index in [0.29, 0.717) is 23.9 Å². The molecule has 196 valence electrons. The van der Waals surface area contributed by atoms with Crippen LogP contribution in [0.3, 0.4) is 0 Å². The number of aryl methyl sites for hydroxylation is 1. The zero-order valence-electron chi connectivity index (χ0n) is 21.3. The monoisotopic (exact) mass is 501 g/mol. The lowest BCUT2D eigenvalue weighted by molar-refractivity contribution is 0.0648. The van der Waals surface area contributed by atoms with Crippen molar-refractivity contribution < 1.29 is 13.6 Å². The third-order valence-corrected chi connectivity index (χ3v) is 8.06. The number of urea groups is 1. The standard InChI is InChI=1S/C22H31F2N3O.C5H6N2O/c1-25-17-7-12-27(20(14-17)18-6-5-16(23)13-19(18)24)21(28)26-11-4-10-22(15-26)8-2-3-9-22;1-7-5(8)3-2-4-6-7/h5-6,13,17,20,25H,2-4,7-12,14-15H2,1H3;2-4H,1H3. The topological polar surface area (TPSA) is 70.5 Å². The summed E-state index contributed by atoms with van der Waals surface area (Å²) in [5.74, 6) is -1.15. The zero-order valence-corrected chi connectivity index (χ0v) is 21.3. The first-order valence-corrected chi connectivity index (χ1v) is 13.0. The second kappa shape index (κ2) is 11.5. The molecule has 2 atom stereocenters. The molecule has 2 unspecified atom stereocenters. The largest absolute Gasteiger partial charge is 0.324 e. The predicted molar refractivity (Wildman–Crippen MR) is 134 cm³/mol. The van der Waals surface area contributed by atoms with Gasteiger partial charge in [-0.2, -0.15) is 5.10 Å². The van der Waals surface area contributed by atoms with E-state index in [1.807, 2.05) is 16.8 Å². The molecule has 1 aromatic heterocycles. The number of hydrogen-bond acceptors (Lipinski definition) is 4. The third kappa shape index (κ3) is 5.94. The van der Waals surface area contributed by atoms with E-state index >= 15 is 0 Å². The van der Waals surface area contributed by atoms with E-state index in [1.165, 1.54) is 55.0 Å². The van der Waals surface area contributed by atoms with E-state index < -0.39 is 11.6 Å². The summed E-state index contributed by atoms with van der Waals surface area (Å²) in [5.41, 5.74) is 0.642. The van der Waals surface area contributed by atoms with Crippen LogP contribution >= 0.6 is 0 Å². The van der Waals surface area contributed by atoms with E-state index in [2.05, 4.69) is 10.4 Å². The molecule has 2 aromatic rings. The summed E-state index contributed by atoms with van der Waals surface area (Å²) in [4.78, 5) is 27.8. The molecule has 9 heteroatoms. The Morgan fingerprint density at radius 2 is 1.86 bits per heavy atom. The Hall–Kier alpha value is -2.81. The summed E-state index contributed by atoms with van der Waals surface area (Å²) in [6.45, 7) is 2.21. The lowest BCUT2D eigenvalue weighted by atomic mass is 9.78. The van der Waals surface area contributed by atoms with Crippen molar-refractivity contribution in [2.75, 3.05) is 26.7 Å². The number of hydrogen-bond donors (Lipinski definition) is 1. The van der Waals surface area contributed by atoms with Gasteiger partial charge in [0.2, 0.25) is 0 Å². The van der Waals surface area contributed by atoms with Crippen LogP contribution in [0.15, 0.2) is 41.3 Å². The molecule has 1 spiro atoms. The average Bonchev–Trinajstić information content (AvgIpc) is 3.32. The van der Waals surface area contributed by atoms with Crippen molar-refractivity contribution in [3.63, 3.8) is 0 Å². The fourth-order valence-corrected chi connectivity index (χ4v) is 6.04. The van der Waals surface area contributed by atoms with Crippen molar-refractivity contribution in [2.45, 2.75) is 63.5 Å². The molecule has 3 heterocycles. The van der Waals surface area contributed by atoms with Gasteiger partial charge in [0.15, 0.2) is 0 Å².